The van der Waals surface area contributed by atoms with Gasteiger partial charge in [0.25, 0.3) is 5.91 Å². The minimum absolute atomic E-state index is 0.149. The van der Waals surface area contributed by atoms with Crippen LogP contribution in [0.1, 0.15) is 21.7 Å². The molecule has 5 rings (SSSR count). The number of amides is 1. The molecule has 0 N–H and O–H groups in total. The van der Waals surface area contributed by atoms with Crippen LogP contribution < -0.4 is 10.5 Å². The number of hydrogen-bond donors (Lipinski definition) is 0. The van der Waals surface area contributed by atoms with E-state index in [1.54, 1.807) is 46.2 Å². The van der Waals surface area contributed by atoms with Crippen LogP contribution in [0, 0.1) is 10.1 Å². The Morgan fingerprint density at radius 3 is 2.26 bits per heavy atom. The first-order valence-corrected chi connectivity index (χ1v) is 11.7. The molecule has 38 heavy (non-hydrogen) atoms. The Hall–Kier alpha value is -4.61. The van der Waals surface area contributed by atoms with Crippen LogP contribution >= 0.6 is 0 Å². The Labute approximate surface area is 213 Å². The van der Waals surface area contributed by atoms with Crippen molar-refractivity contribution in [1.82, 2.24) is 9.47 Å². The number of hydrogen-bond acceptors (Lipinski definition) is 6. The third-order valence-electron chi connectivity index (χ3n) is 6.54. The Bertz CT molecular complexity index is 1560. The Morgan fingerprint density at radius 1 is 0.974 bits per heavy atom. The molecule has 1 aliphatic heterocycles. The van der Waals surface area contributed by atoms with Crippen molar-refractivity contribution in [2.75, 3.05) is 31.1 Å². The maximum Gasteiger partial charge on any atom is 0.416 e. The smallest absolute Gasteiger partial charge is 0.416 e. The van der Waals surface area contributed by atoms with Gasteiger partial charge in [-0.2, -0.15) is 13.2 Å². The predicted molar refractivity (Wildman–Crippen MR) is 132 cm³/mol. The van der Waals surface area contributed by atoms with E-state index in [1.807, 2.05) is 0 Å². The molecule has 1 saturated heterocycles. The summed E-state index contributed by atoms with van der Waals surface area (Å²) in [5.41, 5.74) is -1.36. The SMILES string of the molecule is O=C(c1ccco1)N1CCN(c2c([N+](=O)[O-])c(=O)n(Cc3ccc(C(F)(F)F)cc3)c3ccccc23)CC1. The van der Waals surface area contributed by atoms with E-state index in [-0.39, 0.29) is 50.1 Å². The highest BCUT2D eigenvalue weighted by Crippen LogP contribution is 2.35. The molecule has 0 spiro atoms. The van der Waals surface area contributed by atoms with Crippen molar-refractivity contribution >= 4 is 28.2 Å². The van der Waals surface area contributed by atoms with Crippen molar-refractivity contribution in [1.29, 1.82) is 0 Å². The van der Waals surface area contributed by atoms with Crippen LogP contribution in [0.5, 0.6) is 0 Å². The van der Waals surface area contributed by atoms with Gasteiger partial charge in [0.05, 0.1) is 28.8 Å². The first-order valence-electron chi connectivity index (χ1n) is 11.7. The molecule has 0 saturated carbocycles. The van der Waals surface area contributed by atoms with Crippen LogP contribution in [0.3, 0.4) is 0 Å². The molecule has 2 aromatic carbocycles. The zero-order valence-corrected chi connectivity index (χ0v) is 19.9. The fourth-order valence-corrected chi connectivity index (χ4v) is 4.69. The summed E-state index contributed by atoms with van der Waals surface area (Å²) in [5, 5.41) is 12.6. The molecule has 0 bridgehead atoms. The van der Waals surface area contributed by atoms with Crippen LogP contribution in [0.2, 0.25) is 0 Å². The van der Waals surface area contributed by atoms with Gasteiger partial charge in [-0.1, -0.05) is 30.3 Å². The number of alkyl halides is 3. The fraction of sp³-hybridized carbons (Fsp3) is 0.231. The summed E-state index contributed by atoms with van der Waals surface area (Å²) < 4.78 is 45.3. The van der Waals surface area contributed by atoms with Crippen LogP contribution in [0.25, 0.3) is 10.9 Å². The minimum atomic E-state index is -4.50. The van der Waals surface area contributed by atoms with Gasteiger partial charge in [-0.15, -0.1) is 0 Å². The van der Waals surface area contributed by atoms with Gasteiger partial charge in [0, 0.05) is 31.6 Å². The van der Waals surface area contributed by atoms with Gasteiger partial charge in [-0.3, -0.25) is 24.3 Å². The van der Waals surface area contributed by atoms with Gasteiger partial charge in [0.2, 0.25) is 0 Å². The molecule has 0 aliphatic carbocycles. The second-order valence-corrected chi connectivity index (χ2v) is 8.81. The molecule has 1 amide bonds. The van der Waals surface area contributed by atoms with Crippen LogP contribution in [-0.4, -0.2) is 46.5 Å². The number of rotatable bonds is 5. The van der Waals surface area contributed by atoms with E-state index in [1.165, 1.54) is 23.0 Å². The number of pyridine rings is 1. The average Bonchev–Trinajstić information content (AvgIpc) is 3.44. The second-order valence-electron chi connectivity index (χ2n) is 8.81. The van der Waals surface area contributed by atoms with Crippen LogP contribution in [-0.2, 0) is 12.7 Å². The van der Waals surface area contributed by atoms with E-state index in [2.05, 4.69) is 0 Å². The van der Waals surface area contributed by atoms with Gasteiger partial charge < -0.3 is 14.2 Å². The van der Waals surface area contributed by atoms with E-state index in [4.69, 9.17) is 4.42 Å². The number of benzene rings is 2. The molecular weight excluding hydrogens is 505 g/mol. The number of fused-ring (bicyclic) bond motifs is 1. The summed E-state index contributed by atoms with van der Waals surface area (Å²) >= 11 is 0. The second kappa shape index (κ2) is 9.69. The molecule has 0 unspecified atom stereocenters. The molecule has 3 heterocycles. The van der Waals surface area contributed by atoms with Crippen molar-refractivity contribution in [3.63, 3.8) is 0 Å². The zero-order chi connectivity index (χ0) is 27.0. The highest BCUT2D eigenvalue weighted by atomic mass is 19.4. The summed E-state index contributed by atoms with van der Waals surface area (Å²) in [6.45, 7) is 0.878. The number of nitro groups is 1. The number of carbonyl (C=O) groups excluding carboxylic acids is 1. The van der Waals surface area contributed by atoms with Crippen molar-refractivity contribution < 1.29 is 27.3 Å². The van der Waals surface area contributed by atoms with Gasteiger partial charge in [0.1, 0.15) is 5.69 Å². The van der Waals surface area contributed by atoms with Crippen molar-refractivity contribution in [2.45, 2.75) is 12.7 Å². The Kier molecular flexibility index (Phi) is 6.39. The van der Waals surface area contributed by atoms with Crippen molar-refractivity contribution in [2.24, 2.45) is 0 Å². The highest BCUT2D eigenvalue weighted by Gasteiger charge is 2.33. The third kappa shape index (κ3) is 4.60. The number of aromatic nitrogens is 1. The molecule has 196 valence electrons. The molecular formula is C26H21F3N4O5. The number of anilines is 1. The van der Waals surface area contributed by atoms with Gasteiger partial charge >= 0.3 is 17.4 Å². The lowest BCUT2D eigenvalue weighted by molar-refractivity contribution is -0.385. The highest BCUT2D eigenvalue weighted by molar-refractivity contribution is 5.97. The molecule has 9 nitrogen and oxygen atoms in total. The third-order valence-corrected chi connectivity index (χ3v) is 6.54. The summed E-state index contributed by atoms with van der Waals surface area (Å²) in [6.07, 6.45) is -3.10. The minimum Gasteiger partial charge on any atom is -0.459 e. The quantitative estimate of drug-likeness (QED) is 0.280. The first kappa shape index (κ1) is 25.1. The number of halogens is 3. The van der Waals surface area contributed by atoms with Crippen LogP contribution in [0.15, 0.2) is 76.1 Å². The average molecular weight is 526 g/mol. The molecule has 2 aromatic heterocycles. The zero-order valence-electron chi connectivity index (χ0n) is 19.9. The maximum absolute atomic E-state index is 13.5. The standard InChI is InChI=1S/C26H21F3N4O5/c27-26(28,29)18-9-7-17(8-10-18)16-32-20-5-2-1-4-19(20)22(23(25(32)35)33(36)37)30-11-13-31(14-12-30)24(34)21-6-3-15-38-21/h1-10,15H,11-14,16H2. The van der Waals surface area contributed by atoms with E-state index < -0.39 is 27.9 Å². The van der Waals surface area contributed by atoms with Gasteiger partial charge in [-0.05, 0) is 35.9 Å². The number of furan rings is 1. The summed E-state index contributed by atoms with van der Waals surface area (Å²) in [5.74, 6) is -0.0956. The number of para-hydroxylation sites is 1. The number of nitrogens with zero attached hydrogens (tertiary/aromatic N) is 4. The summed E-state index contributed by atoms with van der Waals surface area (Å²) in [6, 6.07) is 14.2. The number of carbonyl (C=O) groups is 1. The number of piperazine rings is 1. The lowest BCUT2D eigenvalue weighted by Gasteiger charge is -2.36. The van der Waals surface area contributed by atoms with Gasteiger partial charge in [-0.25, -0.2) is 0 Å². The predicted octanol–water partition coefficient (Wildman–Crippen LogP) is 4.53. The van der Waals surface area contributed by atoms with Crippen molar-refractivity contribution in [3.8, 4) is 0 Å². The largest absolute Gasteiger partial charge is 0.459 e. The lowest BCUT2D eigenvalue weighted by Crippen LogP contribution is -2.49. The summed E-state index contributed by atoms with van der Waals surface area (Å²) in [7, 11) is 0. The monoisotopic (exact) mass is 526 g/mol. The van der Waals surface area contributed by atoms with Crippen molar-refractivity contribution in [3.05, 3.63) is 104 Å². The topological polar surface area (TPSA) is 102 Å². The molecule has 12 heteroatoms. The van der Waals surface area contributed by atoms with E-state index >= 15 is 0 Å². The van der Waals surface area contributed by atoms with E-state index in [0.717, 1.165) is 12.1 Å². The van der Waals surface area contributed by atoms with Crippen LogP contribution in [0.4, 0.5) is 24.5 Å². The van der Waals surface area contributed by atoms with E-state index in [9.17, 15) is 32.9 Å². The maximum atomic E-state index is 13.5. The van der Waals surface area contributed by atoms with E-state index in [0.29, 0.717) is 16.5 Å². The summed E-state index contributed by atoms with van der Waals surface area (Å²) in [4.78, 5) is 40.9. The molecule has 4 aromatic rings. The molecule has 0 radical (unpaired) electrons. The molecule has 1 aliphatic rings. The normalized spacial score (nSPS) is 14.2. The lowest BCUT2D eigenvalue weighted by atomic mass is 10.1. The molecule has 1 fully saturated rings. The fourth-order valence-electron chi connectivity index (χ4n) is 4.69. The molecule has 0 atom stereocenters. The van der Waals surface area contributed by atoms with Gasteiger partial charge in [0.15, 0.2) is 5.76 Å². The Balaban J connectivity index is 1.52. The Morgan fingerprint density at radius 2 is 1.66 bits per heavy atom. The first-order chi connectivity index (χ1) is 18.1.